The van der Waals surface area contributed by atoms with Gasteiger partial charge in [-0.3, -0.25) is 4.79 Å². The number of aromatic nitrogens is 3. The van der Waals surface area contributed by atoms with E-state index in [1.165, 1.54) is 5.56 Å². The number of nitrogens with zero attached hydrogens (tertiary/aromatic N) is 3. The SMILES string of the molecule is Cc1ccc(-c2nc(C(=O)Nc3cccc(C)c3C)nn2-c2ccc(C)c(C)c2)cc1. The number of benzene rings is 3. The van der Waals surface area contributed by atoms with E-state index in [0.29, 0.717) is 5.82 Å². The summed E-state index contributed by atoms with van der Waals surface area (Å²) in [6.07, 6.45) is 0. The van der Waals surface area contributed by atoms with Gasteiger partial charge in [0.1, 0.15) is 0 Å². The molecule has 3 aromatic carbocycles. The van der Waals surface area contributed by atoms with Crippen LogP contribution in [-0.4, -0.2) is 20.7 Å². The molecule has 0 bridgehead atoms. The fourth-order valence-corrected chi connectivity index (χ4v) is 3.40. The normalized spacial score (nSPS) is 10.9. The molecule has 5 nitrogen and oxygen atoms in total. The molecule has 0 radical (unpaired) electrons. The monoisotopic (exact) mass is 410 g/mol. The molecule has 0 unspecified atom stereocenters. The van der Waals surface area contributed by atoms with E-state index in [2.05, 4.69) is 41.4 Å². The van der Waals surface area contributed by atoms with Gasteiger partial charge in [0.25, 0.3) is 5.91 Å². The standard InChI is InChI=1S/C26H26N4O/c1-16-9-12-21(13-10-16)25-28-24(26(31)27-23-8-6-7-18(3)20(23)5)29-30(25)22-14-11-17(2)19(4)15-22/h6-15H,1-5H3,(H,27,31). The van der Waals surface area contributed by atoms with Crippen molar-refractivity contribution in [2.45, 2.75) is 34.6 Å². The lowest BCUT2D eigenvalue weighted by Gasteiger charge is -2.09. The van der Waals surface area contributed by atoms with Crippen molar-refractivity contribution >= 4 is 11.6 Å². The molecule has 1 N–H and O–H groups in total. The van der Waals surface area contributed by atoms with E-state index < -0.39 is 0 Å². The summed E-state index contributed by atoms with van der Waals surface area (Å²) in [6.45, 7) is 10.2. The predicted octanol–water partition coefficient (Wildman–Crippen LogP) is 5.73. The summed E-state index contributed by atoms with van der Waals surface area (Å²) in [5.74, 6) is 0.439. The Labute approximate surface area is 182 Å². The minimum atomic E-state index is -0.329. The highest BCUT2D eigenvalue weighted by molar-refractivity contribution is 6.02. The first-order valence-corrected chi connectivity index (χ1v) is 10.3. The van der Waals surface area contributed by atoms with Crippen LogP contribution in [0.4, 0.5) is 5.69 Å². The Balaban J connectivity index is 1.78. The van der Waals surface area contributed by atoms with E-state index >= 15 is 0 Å². The van der Waals surface area contributed by atoms with Gasteiger partial charge in [-0.1, -0.05) is 48.0 Å². The number of nitrogens with one attached hydrogen (secondary N) is 1. The molecular formula is C26H26N4O. The highest BCUT2D eigenvalue weighted by Gasteiger charge is 2.20. The molecule has 31 heavy (non-hydrogen) atoms. The van der Waals surface area contributed by atoms with Crippen LogP contribution in [0.25, 0.3) is 17.1 Å². The third-order valence-corrected chi connectivity index (χ3v) is 5.71. The van der Waals surface area contributed by atoms with Crippen molar-refractivity contribution in [1.82, 2.24) is 14.8 Å². The van der Waals surface area contributed by atoms with Crippen LogP contribution in [0.5, 0.6) is 0 Å². The first kappa shape index (κ1) is 20.5. The Kier molecular flexibility index (Phi) is 5.42. The summed E-state index contributed by atoms with van der Waals surface area (Å²) < 4.78 is 1.75. The van der Waals surface area contributed by atoms with E-state index in [0.717, 1.165) is 39.2 Å². The van der Waals surface area contributed by atoms with Crippen LogP contribution in [0.1, 0.15) is 38.4 Å². The van der Waals surface area contributed by atoms with Gasteiger partial charge in [0.2, 0.25) is 5.82 Å². The number of hydrogen-bond acceptors (Lipinski definition) is 3. The molecule has 0 aliphatic carbocycles. The van der Waals surface area contributed by atoms with E-state index in [9.17, 15) is 4.79 Å². The van der Waals surface area contributed by atoms with E-state index in [-0.39, 0.29) is 11.7 Å². The second-order valence-corrected chi connectivity index (χ2v) is 8.01. The second kappa shape index (κ2) is 8.19. The molecule has 0 aliphatic heterocycles. The molecule has 1 aromatic heterocycles. The number of amides is 1. The van der Waals surface area contributed by atoms with Crippen molar-refractivity contribution in [3.63, 3.8) is 0 Å². The molecule has 0 aliphatic rings. The molecular weight excluding hydrogens is 384 g/mol. The molecule has 1 heterocycles. The Morgan fingerprint density at radius 2 is 1.58 bits per heavy atom. The average molecular weight is 411 g/mol. The largest absolute Gasteiger partial charge is 0.319 e. The van der Waals surface area contributed by atoms with Crippen molar-refractivity contribution in [2.24, 2.45) is 0 Å². The van der Waals surface area contributed by atoms with Gasteiger partial charge < -0.3 is 5.32 Å². The van der Waals surface area contributed by atoms with Crippen LogP contribution in [0.3, 0.4) is 0 Å². The third kappa shape index (κ3) is 4.12. The zero-order chi connectivity index (χ0) is 22.1. The predicted molar refractivity (Wildman–Crippen MR) is 125 cm³/mol. The van der Waals surface area contributed by atoms with Gasteiger partial charge in [0.15, 0.2) is 5.82 Å². The van der Waals surface area contributed by atoms with Gasteiger partial charge >= 0.3 is 0 Å². The van der Waals surface area contributed by atoms with E-state index in [4.69, 9.17) is 0 Å². The number of anilines is 1. The number of rotatable bonds is 4. The topological polar surface area (TPSA) is 59.8 Å². The smallest absolute Gasteiger partial charge is 0.295 e. The van der Waals surface area contributed by atoms with Crippen molar-refractivity contribution in [1.29, 1.82) is 0 Å². The maximum absolute atomic E-state index is 13.0. The van der Waals surface area contributed by atoms with Crippen LogP contribution in [0, 0.1) is 34.6 Å². The Morgan fingerprint density at radius 1 is 0.839 bits per heavy atom. The van der Waals surface area contributed by atoms with Crippen molar-refractivity contribution in [3.8, 4) is 17.1 Å². The molecule has 1 amide bonds. The fourth-order valence-electron chi connectivity index (χ4n) is 3.40. The molecule has 0 saturated heterocycles. The van der Waals surface area contributed by atoms with Crippen LogP contribution < -0.4 is 5.32 Å². The first-order chi connectivity index (χ1) is 14.8. The van der Waals surface area contributed by atoms with Crippen molar-refractivity contribution < 1.29 is 4.79 Å². The number of carbonyl (C=O) groups excluding carboxylic acids is 1. The molecule has 4 aromatic rings. The number of carbonyl (C=O) groups is 1. The summed E-state index contributed by atoms with van der Waals surface area (Å²) in [5, 5.41) is 7.55. The zero-order valence-electron chi connectivity index (χ0n) is 18.5. The molecule has 5 heteroatoms. The molecule has 0 fully saturated rings. The Bertz CT molecular complexity index is 1270. The maximum Gasteiger partial charge on any atom is 0.295 e. The molecule has 156 valence electrons. The maximum atomic E-state index is 13.0. The second-order valence-electron chi connectivity index (χ2n) is 8.01. The fraction of sp³-hybridized carbons (Fsp3) is 0.192. The van der Waals surface area contributed by atoms with Gasteiger partial charge in [-0.25, -0.2) is 9.67 Å². The van der Waals surface area contributed by atoms with Crippen LogP contribution in [0.15, 0.2) is 60.7 Å². The highest BCUT2D eigenvalue weighted by Crippen LogP contribution is 2.24. The lowest BCUT2D eigenvalue weighted by molar-refractivity contribution is 0.101. The van der Waals surface area contributed by atoms with Gasteiger partial charge in [0.05, 0.1) is 5.69 Å². The van der Waals surface area contributed by atoms with Gasteiger partial charge in [0, 0.05) is 11.3 Å². The Morgan fingerprint density at radius 3 is 2.29 bits per heavy atom. The summed E-state index contributed by atoms with van der Waals surface area (Å²) in [4.78, 5) is 17.7. The minimum absolute atomic E-state index is 0.134. The molecule has 4 rings (SSSR count). The Hall–Kier alpha value is -3.73. The minimum Gasteiger partial charge on any atom is -0.319 e. The average Bonchev–Trinajstić information content (AvgIpc) is 3.19. The van der Waals surface area contributed by atoms with Gasteiger partial charge in [-0.15, -0.1) is 5.10 Å². The summed E-state index contributed by atoms with van der Waals surface area (Å²) in [5.41, 5.74) is 8.21. The summed E-state index contributed by atoms with van der Waals surface area (Å²) in [6, 6.07) is 20.0. The summed E-state index contributed by atoms with van der Waals surface area (Å²) >= 11 is 0. The first-order valence-electron chi connectivity index (χ1n) is 10.3. The van der Waals surface area contributed by atoms with Crippen molar-refractivity contribution in [2.75, 3.05) is 5.32 Å². The zero-order valence-corrected chi connectivity index (χ0v) is 18.5. The van der Waals surface area contributed by atoms with Crippen LogP contribution in [-0.2, 0) is 0 Å². The summed E-state index contributed by atoms with van der Waals surface area (Å²) in [7, 11) is 0. The number of hydrogen-bond donors (Lipinski definition) is 1. The number of aryl methyl sites for hydroxylation is 4. The molecule has 0 spiro atoms. The molecule has 0 atom stereocenters. The van der Waals surface area contributed by atoms with Crippen LogP contribution in [0.2, 0.25) is 0 Å². The molecule has 0 saturated carbocycles. The lowest BCUT2D eigenvalue weighted by Crippen LogP contribution is -2.15. The van der Waals surface area contributed by atoms with E-state index in [1.54, 1.807) is 4.68 Å². The third-order valence-electron chi connectivity index (χ3n) is 5.71. The quantitative estimate of drug-likeness (QED) is 0.467. The van der Waals surface area contributed by atoms with Gasteiger partial charge in [-0.05, 0) is 75.1 Å². The van der Waals surface area contributed by atoms with E-state index in [1.807, 2.05) is 69.3 Å². The van der Waals surface area contributed by atoms with Crippen molar-refractivity contribution in [3.05, 3.63) is 94.3 Å². The van der Waals surface area contributed by atoms with Gasteiger partial charge in [-0.2, -0.15) is 0 Å². The van der Waals surface area contributed by atoms with Crippen LogP contribution >= 0.6 is 0 Å². The highest BCUT2D eigenvalue weighted by atomic mass is 16.2. The lowest BCUT2D eigenvalue weighted by atomic mass is 10.1.